The number of ether oxygens (including phenoxy) is 1. The molecule has 0 unspecified atom stereocenters. The summed E-state index contributed by atoms with van der Waals surface area (Å²) in [6.45, 7) is 2.74. The number of hydrogen-bond acceptors (Lipinski definition) is 5. The largest absolute Gasteiger partial charge is 0.497 e. The first kappa shape index (κ1) is 25.1. The second kappa shape index (κ2) is 12.6. The minimum absolute atomic E-state index is 0.0595. The number of para-hydroxylation sites is 1. The van der Waals surface area contributed by atoms with Crippen LogP contribution >= 0.6 is 0 Å². The number of methoxy groups -OCH3 is 1. The van der Waals surface area contributed by atoms with Crippen molar-refractivity contribution in [2.75, 3.05) is 48.8 Å². The predicted octanol–water partition coefficient (Wildman–Crippen LogP) is 4.71. The summed E-state index contributed by atoms with van der Waals surface area (Å²) in [5.41, 5.74) is 4.19. The highest BCUT2D eigenvalue weighted by atomic mass is 16.5. The molecule has 0 saturated carbocycles. The molecule has 1 saturated heterocycles. The van der Waals surface area contributed by atoms with E-state index in [2.05, 4.69) is 33.0 Å². The van der Waals surface area contributed by atoms with Crippen LogP contribution in [0.15, 0.2) is 72.8 Å². The van der Waals surface area contributed by atoms with Gasteiger partial charge in [-0.3, -0.25) is 9.59 Å². The number of anilines is 3. The third-order valence-electron chi connectivity index (χ3n) is 6.34. The third-order valence-corrected chi connectivity index (χ3v) is 6.34. The van der Waals surface area contributed by atoms with E-state index in [1.54, 1.807) is 19.2 Å². The zero-order chi connectivity index (χ0) is 25.2. The summed E-state index contributed by atoms with van der Waals surface area (Å²) < 4.78 is 5.18. The SMILES string of the molecule is COc1ccc(CCNC(=O)c2ccccc2NCC(=O)Nc2ccc(N3CCCCC3)cc2)cc1. The normalized spacial score (nSPS) is 13.1. The lowest BCUT2D eigenvalue weighted by Crippen LogP contribution is -2.29. The molecule has 0 aliphatic carbocycles. The van der Waals surface area contributed by atoms with E-state index in [-0.39, 0.29) is 18.4 Å². The van der Waals surface area contributed by atoms with Crippen LogP contribution in [0.5, 0.6) is 5.75 Å². The van der Waals surface area contributed by atoms with Crippen molar-refractivity contribution in [1.29, 1.82) is 0 Å². The molecule has 0 bridgehead atoms. The van der Waals surface area contributed by atoms with Gasteiger partial charge in [-0.05, 0) is 79.8 Å². The standard InChI is InChI=1S/C29H34N4O3/c1-36-25-15-9-22(10-16-25)17-18-30-29(35)26-7-3-4-8-27(26)31-21-28(34)32-23-11-13-24(14-12-23)33-19-5-2-6-20-33/h3-4,7-16,31H,2,5-6,17-21H2,1H3,(H,30,35)(H,32,34). The Morgan fingerprint density at radius 2 is 1.61 bits per heavy atom. The molecule has 3 aromatic rings. The molecule has 4 rings (SSSR count). The molecule has 188 valence electrons. The van der Waals surface area contributed by atoms with Crippen LogP contribution in [0.1, 0.15) is 35.2 Å². The van der Waals surface area contributed by atoms with E-state index in [1.165, 1.54) is 24.9 Å². The van der Waals surface area contributed by atoms with Gasteiger partial charge in [-0.15, -0.1) is 0 Å². The molecule has 1 aliphatic heterocycles. The maximum Gasteiger partial charge on any atom is 0.253 e. The first-order valence-electron chi connectivity index (χ1n) is 12.5. The van der Waals surface area contributed by atoms with Crippen LogP contribution in [0, 0.1) is 0 Å². The molecule has 1 aliphatic rings. The highest BCUT2D eigenvalue weighted by Gasteiger charge is 2.13. The van der Waals surface area contributed by atoms with Crippen LogP contribution in [0.3, 0.4) is 0 Å². The minimum Gasteiger partial charge on any atom is -0.497 e. The van der Waals surface area contributed by atoms with Gasteiger partial charge in [-0.2, -0.15) is 0 Å². The smallest absolute Gasteiger partial charge is 0.253 e. The first-order chi connectivity index (χ1) is 17.6. The maximum atomic E-state index is 12.8. The second-order valence-electron chi connectivity index (χ2n) is 8.90. The summed E-state index contributed by atoms with van der Waals surface area (Å²) >= 11 is 0. The Balaban J connectivity index is 1.25. The highest BCUT2D eigenvalue weighted by molar-refractivity contribution is 6.01. The van der Waals surface area contributed by atoms with Gasteiger partial charge in [0.05, 0.1) is 19.2 Å². The second-order valence-corrected chi connectivity index (χ2v) is 8.90. The summed E-state index contributed by atoms with van der Waals surface area (Å²) in [6, 6.07) is 23.0. The molecule has 7 heteroatoms. The van der Waals surface area contributed by atoms with E-state index in [4.69, 9.17) is 4.74 Å². The molecule has 3 N–H and O–H groups in total. The summed E-state index contributed by atoms with van der Waals surface area (Å²) in [6.07, 6.45) is 4.47. The van der Waals surface area contributed by atoms with Crippen LogP contribution in [-0.2, 0) is 11.2 Å². The van der Waals surface area contributed by atoms with Gasteiger partial charge in [0.15, 0.2) is 0 Å². The summed E-state index contributed by atoms with van der Waals surface area (Å²) in [5, 5.41) is 8.99. The van der Waals surface area contributed by atoms with Crippen molar-refractivity contribution in [2.24, 2.45) is 0 Å². The monoisotopic (exact) mass is 486 g/mol. The van der Waals surface area contributed by atoms with E-state index in [0.717, 1.165) is 30.1 Å². The Morgan fingerprint density at radius 3 is 2.33 bits per heavy atom. The Kier molecular flexibility index (Phi) is 8.81. The van der Waals surface area contributed by atoms with Crippen molar-refractivity contribution >= 4 is 28.9 Å². The molecule has 1 heterocycles. The van der Waals surface area contributed by atoms with Gasteiger partial charge < -0.3 is 25.6 Å². The van der Waals surface area contributed by atoms with Crippen molar-refractivity contribution in [3.63, 3.8) is 0 Å². The molecule has 2 amide bonds. The Hall–Kier alpha value is -4.00. The first-order valence-corrected chi connectivity index (χ1v) is 12.5. The van der Waals surface area contributed by atoms with Gasteiger partial charge in [0.25, 0.3) is 5.91 Å². The molecule has 0 atom stereocenters. The number of carbonyl (C=O) groups is 2. The third kappa shape index (κ3) is 7.01. The number of carbonyl (C=O) groups excluding carboxylic acids is 2. The Labute approximate surface area is 212 Å². The molecular weight excluding hydrogens is 452 g/mol. The Bertz CT molecular complexity index is 1140. The number of nitrogens with zero attached hydrogens (tertiary/aromatic N) is 1. The number of nitrogens with one attached hydrogen (secondary N) is 3. The zero-order valence-corrected chi connectivity index (χ0v) is 20.8. The van der Waals surface area contributed by atoms with Gasteiger partial charge in [0.2, 0.25) is 5.91 Å². The predicted molar refractivity (Wildman–Crippen MR) is 145 cm³/mol. The van der Waals surface area contributed by atoms with Gasteiger partial charge in [0.1, 0.15) is 5.75 Å². The van der Waals surface area contributed by atoms with Crippen LogP contribution in [-0.4, -0.2) is 45.1 Å². The lowest BCUT2D eigenvalue weighted by Gasteiger charge is -2.28. The van der Waals surface area contributed by atoms with Crippen LogP contribution in [0.4, 0.5) is 17.1 Å². The van der Waals surface area contributed by atoms with Crippen molar-refractivity contribution in [2.45, 2.75) is 25.7 Å². The van der Waals surface area contributed by atoms with Crippen LogP contribution < -0.4 is 25.6 Å². The number of piperidine rings is 1. The van der Waals surface area contributed by atoms with E-state index < -0.39 is 0 Å². The average Bonchev–Trinajstić information content (AvgIpc) is 2.93. The molecule has 7 nitrogen and oxygen atoms in total. The van der Waals surface area contributed by atoms with Gasteiger partial charge >= 0.3 is 0 Å². The fourth-order valence-electron chi connectivity index (χ4n) is 4.33. The number of benzene rings is 3. The van der Waals surface area contributed by atoms with Crippen LogP contribution in [0.25, 0.3) is 0 Å². The van der Waals surface area contributed by atoms with Crippen LogP contribution in [0.2, 0.25) is 0 Å². The summed E-state index contributed by atoms with van der Waals surface area (Å²) in [7, 11) is 1.64. The molecule has 3 aromatic carbocycles. The van der Waals surface area contributed by atoms with Crippen molar-refractivity contribution in [3.05, 3.63) is 83.9 Å². The number of rotatable bonds is 10. The van der Waals surface area contributed by atoms with E-state index in [1.807, 2.05) is 48.5 Å². The van der Waals surface area contributed by atoms with E-state index in [9.17, 15) is 9.59 Å². The zero-order valence-electron chi connectivity index (χ0n) is 20.8. The summed E-state index contributed by atoms with van der Waals surface area (Å²) in [4.78, 5) is 27.7. The molecule has 0 spiro atoms. The number of amides is 2. The highest BCUT2D eigenvalue weighted by Crippen LogP contribution is 2.22. The lowest BCUT2D eigenvalue weighted by molar-refractivity contribution is -0.114. The van der Waals surface area contributed by atoms with Gasteiger partial charge in [-0.1, -0.05) is 24.3 Å². The average molecular weight is 487 g/mol. The lowest BCUT2D eigenvalue weighted by atomic mass is 10.1. The molecule has 0 radical (unpaired) electrons. The fourth-order valence-corrected chi connectivity index (χ4v) is 4.33. The van der Waals surface area contributed by atoms with Gasteiger partial charge in [-0.25, -0.2) is 0 Å². The molecule has 0 aromatic heterocycles. The molecule has 1 fully saturated rings. The fraction of sp³-hybridized carbons (Fsp3) is 0.310. The maximum absolute atomic E-state index is 12.8. The van der Waals surface area contributed by atoms with Gasteiger partial charge in [0, 0.05) is 36.7 Å². The van der Waals surface area contributed by atoms with E-state index >= 15 is 0 Å². The molecular formula is C29H34N4O3. The quantitative estimate of drug-likeness (QED) is 0.387. The number of hydrogen-bond donors (Lipinski definition) is 3. The van der Waals surface area contributed by atoms with Crippen molar-refractivity contribution in [1.82, 2.24) is 5.32 Å². The summed E-state index contributed by atoms with van der Waals surface area (Å²) in [5.74, 6) is 0.456. The van der Waals surface area contributed by atoms with Crippen molar-refractivity contribution < 1.29 is 14.3 Å². The van der Waals surface area contributed by atoms with E-state index in [0.29, 0.717) is 24.2 Å². The Morgan fingerprint density at radius 1 is 0.889 bits per heavy atom. The van der Waals surface area contributed by atoms with Crippen molar-refractivity contribution in [3.8, 4) is 5.75 Å². The topological polar surface area (TPSA) is 82.7 Å². The minimum atomic E-state index is -0.180. The molecule has 36 heavy (non-hydrogen) atoms.